The van der Waals surface area contributed by atoms with Crippen LogP contribution in [0.3, 0.4) is 0 Å². The van der Waals surface area contributed by atoms with Crippen molar-refractivity contribution in [3.05, 3.63) is 78.0 Å². The van der Waals surface area contributed by atoms with Gasteiger partial charge in [0, 0.05) is 52.9 Å². The summed E-state index contributed by atoms with van der Waals surface area (Å²) in [6.07, 6.45) is 13.9. The van der Waals surface area contributed by atoms with Crippen molar-refractivity contribution in [1.29, 1.82) is 0 Å². The Balaban J connectivity index is 1.53. The molecule has 2 aliphatic rings. The average molecular weight is 548 g/mol. The molecule has 1 amide bonds. The summed E-state index contributed by atoms with van der Waals surface area (Å²) in [5, 5.41) is 4.53. The van der Waals surface area contributed by atoms with Crippen LogP contribution in [0.15, 0.2) is 66.9 Å². The van der Waals surface area contributed by atoms with E-state index in [-0.39, 0.29) is 5.91 Å². The van der Waals surface area contributed by atoms with E-state index in [0.29, 0.717) is 18.4 Å². The first-order valence-corrected chi connectivity index (χ1v) is 15.9. The van der Waals surface area contributed by atoms with Crippen LogP contribution in [-0.4, -0.2) is 16.5 Å². The van der Waals surface area contributed by atoms with Gasteiger partial charge in [-0.3, -0.25) is 4.79 Å². The van der Waals surface area contributed by atoms with Crippen molar-refractivity contribution in [2.24, 2.45) is 11.7 Å². The summed E-state index contributed by atoms with van der Waals surface area (Å²) in [6.45, 7) is 5.24. The molecule has 1 heterocycles. The van der Waals surface area contributed by atoms with Crippen LogP contribution in [0, 0.1) is 12.8 Å². The van der Waals surface area contributed by atoms with Crippen molar-refractivity contribution in [2.75, 3.05) is 5.32 Å². The molecule has 4 aromatic rings. The Morgan fingerprint density at radius 2 is 1.66 bits per heavy atom. The summed E-state index contributed by atoms with van der Waals surface area (Å²) >= 11 is 0. The van der Waals surface area contributed by atoms with Crippen molar-refractivity contribution in [2.45, 2.75) is 96.6 Å². The summed E-state index contributed by atoms with van der Waals surface area (Å²) in [4.78, 5) is 12.7. The highest BCUT2D eigenvalue weighted by atomic mass is 16.1. The number of hydrogen-bond acceptors (Lipinski definition) is 2. The number of nitrogens with one attached hydrogen (secondary N) is 1. The van der Waals surface area contributed by atoms with E-state index < -0.39 is 0 Å². The third-order valence-electron chi connectivity index (χ3n) is 9.75. The molecule has 0 aliphatic heterocycles. The topological polar surface area (TPSA) is 60.1 Å². The molecule has 0 bridgehead atoms. The minimum absolute atomic E-state index is 0.0537. The molecule has 4 heteroatoms. The quantitative estimate of drug-likeness (QED) is 0.242. The molecule has 2 aliphatic carbocycles. The van der Waals surface area contributed by atoms with Crippen LogP contribution < -0.4 is 11.1 Å². The second-order valence-electron chi connectivity index (χ2n) is 12.5. The molecule has 4 nitrogen and oxygen atoms in total. The van der Waals surface area contributed by atoms with Gasteiger partial charge in [-0.1, -0.05) is 68.7 Å². The van der Waals surface area contributed by atoms with Crippen LogP contribution in [-0.2, 0) is 11.3 Å². The zero-order valence-corrected chi connectivity index (χ0v) is 24.8. The average Bonchev–Trinajstić information content (AvgIpc) is 3.35. The lowest BCUT2D eigenvalue weighted by atomic mass is 9.79. The van der Waals surface area contributed by atoms with Crippen LogP contribution in [0.1, 0.15) is 88.2 Å². The molecular formula is C37H45N3O. The lowest BCUT2D eigenvalue weighted by Crippen LogP contribution is -2.26. The first-order chi connectivity index (χ1) is 20.0. The molecular weight excluding hydrogens is 502 g/mol. The Bertz CT molecular complexity index is 1500. The first kappa shape index (κ1) is 27.8. The highest BCUT2D eigenvalue weighted by Gasteiger charge is 2.26. The molecule has 0 atom stereocenters. The highest BCUT2D eigenvalue weighted by molar-refractivity contribution is 6.05. The van der Waals surface area contributed by atoms with E-state index in [1.54, 1.807) is 0 Å². The molecule has 6 rings (SSSR count). The Morgan fingerprint density at radius 1 is 0.902 bits per heavy atom. The number of carbonyl (C=O) groups excluding carboxylic acids is 1. The Morgan fingerprint density at radius 3 is 2.39 bits per heavy atom. The van der Waals surface area contributed by atoms with Gasteiger partial charge in [-0.25, -0.2) is 0 Å². The van der Waals surface area contributed by atoms with Gasteiger partial charge < -0.3 is 15.6 Å². The lowest BCUT2D eigenvalue weighted by molar-refractivity contribution is -0.115. The van der Waals surface area contributed by atoms with Crippen LogP contribution >= 0.6 is 0 Å². The number of nitrogens with two attached hydrogens (primary N) is 1. The van der Waals surface area contributed by atoms with Crippen molar-refractivity contribution < 1.29 is 4.79 Å². The number of nitrogens with zero attached hydrogens (tertiary/aromatic N) is 1. The van der Waals surface area contributed by atoms with Gasteiger partial charge in [0.15, 0.2) is 0 Å². The molecule has 0 spiro atoms. The summed E-state index contributed by atoms with van der Waals surface area (Å²) < 4.78 is 2.51. The number of fused-ring (bicyclic) bond motifs is 1. The Hall–Kier alpha value is -3.37. The maximum atomic E-state index is 12.7. The number of anilines is 1. The van der Waals surface area contributed by atoms with Gasteiger partial charge in [0.1, 0.15) is 0 Å². The zero-order chi connectivity index (χ0) is 28.3. The van der Waals surface area contributed by atoms with Crippen LogP contribution in [0.5, 0.6) is 0 Å². The minimum atomic E-state index is 0.0537. The summed E-state index contributed by atoms with van der Waals surface area (Å²) in [5.74, 6) is 1.29. The molecule has 0 unspecified atom stereocenters. The molecule has 214 valence electrons. The van der Waals surface area contributed by atoms with Gasteiger partial charge in [-0.2, -0.15) is 0 Å². The Labute approximate surface area is 245 Å². The zero-order valence-electron chi connectivity index (χ0n) is 24.8. The number of amides is 1. The van der Waals surface area contributed by atoms with Crippen LogP contribution in [0.4, 0.5) is 5.69 Å². The largest absolute Gasteiger partial charge is 0.347 e. The third kappa shape index (κ3) is 5.85. The Kier molecular flexibility index (Phi) is 8.30. The van der Waals surface area contributed by atoms with E-state index >= 15 is 0 Å². The second-order valence-corrected chi connectivity index (χ2v) is 12.5. The van der Waals surface area contributed by atoms with Gasteiger partial charge in [0.25, 0.3) is 0 Å². The van der Waals surface area contributed by atoms with E-state index in [0.717, 1.165) is 43.8 Å². The molecule has 0 saturated heterocycles. The van der Waals surface area contributed by atoms with Gasteiger partial charge in [-0.15, -0.1) is 0 Å². The van der Waals surface area contributed by atoms with Crippen LogP contribution in [0.25, 0.3) is 33.2 Å². The summed E-state index contributed by atoms with van der Waals surface area (Å²) in [6, 6.07) is 22.4. The van der Waals surface area contributed by atoms with Crippen LogP contribution in [0.2, 0.25) is 0 Å². The van der Waals surface area contributed by atoms with Crippen molar-refractivity contribution in [3.63, 3.8) is 0 Å². The fourth-order valence-corrected chi connectivity index (χ4v) is 7.40. The standard InChI is InChI=1S/C37H45N3O/c1-3-36(41)39-34-20-19-31(28-14-17-30(38)18-15-28)25(2)37(34)33-24-40(23-26-10-6-4-7-11-26)35-21-16-29(22-32(33)35)27-12-8-5-9-13-27/h5,8-9,12-13,16,19-22,24,26,28,30H,3-4,6-7,10-11,14-15,17-18,23,38H2,1-2H3,(H,39,41). The fourth-order valence-electron chi connectivity index (χ4n) is 7.40. The maximum Gasteiger partial charge on any atom is 0.224 e. The molecule has 0 radical (unpaired) electrons. The predicted molar refractivity (Wildman–Crippen MR) is 172 cm³/mol. The summed E-state index contributed by atoms with van der Waals surface area (Å²) in [5.41, 5.74) is 16.1. The minimum Gasteiger partial charge on any atom is -0.347 e. The maximum absolute atomic E-state index is 12.7. The number of carbonyl (C=O) groups is 1. The molecule has 41 heavy (non-hydrogen) atoms. The SMILES string of the molecule is CCC(=O)Nc1ccc(C2CCC(N)CC2)c(C)c1-c1cn(CC2CCCCC2)c2ccc(-c3ccccc3)cc12. The van der Waals surface area contributed by atoms with E-state index in [1.807, 2.05) is 6.92 Å². The summed E-state index contributed by atoms with van der Waals surface area (Å²) in [7, 11) is 0. The van der Waals surface area contributed by atoms with Gasteiger partial charge in [0.05, 0.1) is 0 Å². The van der Waals surface area contributed by atoms with Gasteiger partial charge >= 0.3 is 0 Å². The monoisotopic (exact) mass is 547 g/mol. The molecule has 1 aromatic heterocycles. The molecule has 2 saturated carbocycles. The van der Waals surface area contributed by atoms with E-state index in [1.165, 1.54) is 76.4 Å². The number of aromatic nitrogens is 1. The number of hydrogen-bond donors (Lipinski definition) is 2. The predicted octanol–water partition coefficient (Wildman–Crippen LogP) is 9.20. The first-order valence-electron chi connectivity index (χ1n) is 15.9. The molecule has 3 aromatic carbocycles. The van der Waals surface area contributed by atoms with Crippen molar-refractivity contribution >= 4 is 22.5 Å². The van der Waals surface area contributed by atoms with E-state index in [9.17, 15) is 4.79 Å². The molecule has 3 N–H and O–H groups in total. The van der Waals surface area contributed by atoms with Gasteiger partial charge in [-0.05, 0) is 97.7 Å². The smallest absolute Gasteiger partial charge is 0.224 e. The van der Waals surface area contributed by atoms with E-state index in [4.69, 9.17) is 5.73 Å². The number of rotatable bonds is 7. The highest BCUT2D eigenvalue weighted by Crippen LogP contribution is 2.44. The van der Waals surface area contributed by atoms with Crippen molar-refractivity contribution in [3.8, 4) is 22.3 Å². The number of benzene rings is 3. The van der Waals surface area contributed by atoms with Crippen molar-refractivity contribution in [1.82, 2.24) is 4.57 Å². The van der Waals surface area contributed by atoms with Gasteiger partial charge in [0.2, 0.25) is 5.91 Å². The third-order valence-corrected chi connectivity index (χ3v) is 9.75. The van der Waals surface area contributed by atoms with E-state index in [2.05, 4.69) is 83.7 Å². The fraction of sp³-hybridized carbons (Fsp3) is 0.432. The normalized spacial score (nSPS) is 19.9. The lowest BCUT2D eigenvalue weighted by Gasteiger charge is -2.29. The second kappa shape index (κ2) is 12.2. The molecule has 2 fully saturated rings.